The average Bonchev–Trinajstić information content (AvgIpc) is 2.84. The van der Waals surface area contributed by atoms with Crippen molar-refractivity contribution in [1.29, 1.82) is 0 Å². The van der Waals surface area contributed by atoms with Gasteiger partial charge in [0.05, 0.1) is 12.5 Å². The van der Waals surface area contributed by atoms with Gasteiger partial charge in [-0.05, 0) is 31.5 Å². The number of nitrogens with zero attached hydrogens (tertiary/aromatic N) is 1. The van der Waals surface area contributed by atoms with E-state index in [1.807, 2.05) is 18.0 Å². The molecule has 18 heavy (non-hydrogen) atoms. The predicted molar refractivity (Wildman–Crippen MR) is 68.4 cm³/mol. The Morgan fingerprint density at radius 2 is 2.28 bits per heavy atom. The number of hydrogen-bond acceptors (Lipinski definition) is 3. The van der Waals surface area contributed by atoms with Crippen molar-refractivity contribution in [3.63, 3.8) is 0 Å². The van der Waals surface area contributed by atoms with Gasteiger partial charge in [0.15, 0.2) is 0 Å². The molecule has 0 bridgehead atoms. The first kappa shape index (κ1) is 13.1. The van der Waals surface area contributed by atoms with E-state index in [1.165, 1.54) is 6.42 Å². The zero-order valence-corrected chi connectivity index (χ0v) is 11.2. The number of rotatable bonds is 6. The van der Waals surface area contributed by atoms with Gasteiger partial charge in [-0.2, -0.15) is 0 Å². The molecule has 1 aliphatic rings. The predicted octanol–water partition coefficient (Wildman–Crippen LogP) is 2.56. The van der Waals surface area contributed by atoms with Gasteiger partial charge in [0.2, 0.25) is 0 Å². The van der Waals surface area contributed by atoms with Crippen LogP contribution in [0.3, 0.4) is 0 Å². The first-order valence-electron chi connectivity index (χ1n) is 6.47. The topological polar surface area (TPSA) is 53.7 Å². The van der Waals surface area contributed by atoms with Crippen LogP contribution in [0.1, 0.15) is 37.7 Å². The normalized spacial score (nSPS) is 24.2. The summed E-state index contributed by atoms with van der Waals surface area (Å²) in [4.78, 5) is 12.8. The summed E-state index contributed by atoms with van der Waals surface area (Å²) in [7, 11) is 1.92. The van der Waals surface area contributed by atoms with Crippen molar-refractivity contribution in [2.24, 2.45) is 11.8 Å². The van der Waals surface area contributed by atoms with Crippen LogP contribution in [0.15, 0.2) is 16.5 Å². The molecule has 1 heterocycles. The third-order valence-corrected chi connectivity index (χ3v) is 3.59. The number of aliphatic carboxylic acids is 1. The molecule has 1 aliphatic carbocycles. The first-order chi connectivity index (χ1) is 8.47. The van der Waals surface area contributed by atoms with Gasteiger partial charge in [-0.3, -0.25) is 9.69 Å². The molecule has 100 valence electrons. The van der Waals surface area contributed by atoms with Gasteiger partial charge in [0, 0.05) is 12.5 Å². The lowest BCUT2D eigenvalue weighted by atomic mass is 10.2. The molecule has 1 aromatic rings. The molecule has 4 heteroatoms. The van der Waals surface area contributed by atoms with Crippen LogP contribution >= 0.6 is 0 Å². The quantitative estimate of drug-likeness (QED) is 0.844. The third kappa shape index (κ3) is 3.13. The lowest BCUT2D eigenvalue weighted by Gasteiger charge is -2.17. The van der Waals surface area contributed by atoms with Gasteiger partial charge in [-0.25, -0.2) is 0 Å². The summed E-state index contributed by atoms with van der Waals surface area (Å²) >= 11 is 0. The Morgan fingerprint density at radius 3 is 2.83 bits per heavy atom. The van der Waals surface area contributed by atoms with E-state index in [0.717, 1.165) is 17.4 Å². The minimum Gasteiger partial charge on any atom is -0.481 e. The third-order valence-electron chi connectivity index (χ3n) is 3.59. The molecule has 0 radical (unpaired) electrons. The molecule has 0 aliphatic heterocycles. The Morgan fingerprint density at radius 1 is 1.61 bits per heavy atom. The Balaban J connectivity index is 1.85. The van der Waals surface area contributed by atoms with E-state index < -0.39 is 5.97 Å². The van der Waals surface area contributed by atoms with Crippen LogP contribution < -0.4 is 0 Å². The molecule has 0 spiro atoms. The summed E-state index contributed by atoms with van der Waals surface area (Å²) < 4.78 is 5.80. The molecule has 1 aromatic heterocycles. The molecule has 3 unspecified atom stereocenters. The summed E-state index contributed by atoms with van der Waals surface area (Å²) in [5.74, 6) is 2.24. The lowest BCUT2D eigenvalue weighted by Crippen LogP contribution is -2.28. The number of carboxylic acid groups (broad SMARTS) is 1. The van der Waals surface area contributed by atoms with Crippen LogP contribution in [-0.4, -0.2) is 29.6 Å². The van der Waals surface area contributed by atoms with Gasteiger partial charge in [-0.1, -0.05) is 13.8 Å². The average molecular weight is 251 g/mol. The highest BCUT2D eigenvalue weighted by Gasteiger charge is 2.36. The van der Waals surface area contributed by atoms with Crippen LogP contribution in [0.2, 0.25) is 0 Å². The molecular weight excluding hydrogens is 230 g/mol. The van der Waals surface area contributed by atoms with Crippen molar-refractivity contribution in [2.45, 2.75) is 32.7 Å². The van der Waals surface area contributed by atoms with Gasteiger partial charge in [-0.15, -0.1) is 0 Å². The summed E-state index contributed by atoms with van der Waals surface area (Å²) in [6.07, 6.45) is 1.22. The maximum atomic E-state index is 10.8. The molecule has 0 amide bonds. The molecule has 2 rings (SSSR count). The Hall–Kier alpha value is -1.29. The van der Waals surface area contributed by atoms with Crippen LogP contribution in [0.25, 0.3) is 0 Å². The van der Waals surface area contributed by atoms with E-state index >= 15 is 0 Å². The highest BCUT2D eigenvalue weighted by atomic mass is 16.4. The van der Waals surface area contributed by atoms with Gasteiger partial charge >= 0.3 is 5.97 Å². The zero-order chi connectivity index (χ0) is 13.3. The molecule has 0 saturated heterocycles. The zero-order valence-electron chi connectivity index (χ0n) is 11.2. The number of hydrogen-bond donors (Lipinski definition) is 1. The van der Waals surface area contributed by atoms with E-state index in [-0.39, 0.29) is 5.92 Å². The fourth-order valence-electron chi connectivity index (χ4n) is 2.27. The van der Waals surface area contributed by atoms with E-state index in [2.05, 4.69) is 13.0 Å². The van der Waals surface area contributed by atoms with Crippen LogP contribution in [-0.2, 0) is 11.3 Å². The van der Waals surface area contributed by atoms with Crippen LogP contribution in [0.4, 0.5) is 0 Å². The first-order valence-corrected chi connectivity index (χ1v) is 6.47. The molecule has 3 atom stereocenters. The highest BCUT2D eigenvalue weighted by Crippen LogP contribution is 2.47. The summed E-state index contributed by atoms with van der Waals surface area (Å²) in [6, 6.07) is 4.06. The molecule has 4 nitrogen and oxygen atoms in total. The minimum absolute atomic E-state index is 0.354. The number of carbonyl (C=O) groups is 1. The minimum atomic E-state index is -0.756. The fourth-order valence-corrected chi connectivity index (χ4v) is 2.27. The SMILES string of the molecule is CC(CN(C)Cc1ccc(C2CC2C)o1)C(=O)O. The highest BCUT2D eigenvalue weighted by molar-refractivity contribution is 5.69. The van der Waals surface area contributed by atoms with Gasteiger partial charge in [0.1, 0.15) is 11.5 Å². The summed E-state index contributed by atoms with van der Waals surface area (Å²) in [5.41, 5.74) is 0. The van der Waals surface area contributed by atoms with Crippen molar-refractivity contribution < 1.29 is 14.3 Å². The van der Waals surface area contributed by atoms with Gasteiger partial charge < -0.3 is 9.52 Å². The fraction of sp³-hybridized carbons (Fsp3) is 0.643. The molecule has 1 fully saturated rings. The van der Waals surface area contributed by atoms with E-state index in [9.17, 15) is 4.79 Å². The second-order valence-corrected chi connectivity index (χ2v) is 5.56. The van der Waals surface area contributed by atoms with Crippen molar-refractivity contribution in [3.8, 4) is 0 Å². The standard InChI is InChI=1S/C14H21NO3/c1-9-6-12(9)13-5-4-11(18-13)8-15(3)7-10(2)14(16)17/h4-5,9-10,12H,6-8H2,1-3H3,(H,16,17). The Labute approximate surface area is 108 Å². The van der Waals surface area contributed by atoms with Crippen LogP contribution in [0.5, 0.6) is 0 Å². The lowest BCUT2D eigenvalue weighted by molar-refractivity contribution is -0.141. The summed E-state index contributed by atoms with van der Waals surface area (Å²) in [6.45, 7) is 5.15. The van der Waals surface area contributed by atoms with Crippen molar-refractivity contribution in [1.82, 2.24) is 4.90 Å². The molecule has 1 N–H and O–H groups in total. The van der Waals surface area contributed by atoms with Gasteiger partial charge in [0.25, 0.3) is 0 Å². The maximum Gasteiger partial charge on any atom is 0.307 e. The monoisotopic (exact) mass is 251 g/mol. The van der Waals surface area contributed by atoms with Crippen molar-refractivity contribution in [2.75, 3.05) is 13.6 Å². The van der Waals surface area contributed by atoms with E-state index in [0.29, 0.717) is 19.0 Å². The Bertz CT molecular complexity index is 426. The second-order valence-electron chi connectivity index (χ2n) is 5.56. The largest absolute Gasteiger partial charge is 0.481 e. The number of furan rings is 1. The smallest absolute Gasteiger partial charge is 0.307 e. The maximum absolute atomic E-state index is 10.8. The van der Waals surface area contributed by atoms with Crippen molar-refractivity contribution >= 4 is 5.97 Å². The van der Waals surface area contributed by atoms with E-state index in [4.69, 9.17) is 9.52 Å². The van der Waals surface area contributed by atoms with E-state index in [1.54, 1.807) is 6.92 Å². The molecule has 1 saturated carbocycles. The van der Waals surface area contributed by atoms with Crippen molar-refractivity contribution in [3.05, 3.63) is 23.7 Å². The Kier molecular flexibility index (Phi) is 3.76. The summed E-state index contributed by atoms with van der Waals surface area (Å²) in [5, 5.41) is 8.86. The second kappa shape index (κ2) is 5.14. The van der Waals surface area contributed by atoms with Crippen LogP contribution in [0, 0.1) is 11.8 Å². The molecule has 0 aromatic carbocycles. The molecular formula is C14H21NO3. The number of carboxylic acids is 1.